The first kappa shape index (κ1) is 19.2. The van der Waals surface area contributed by atoms with Crippen molar-refractivity contribution in [2.75, 3.05) is 7.05 Å². The van der Waals surface area contributed by atoms with Gasteiger partial charge in [-0.2, -0.15) is 13.2 Å². The predicted molar refractivity (Wildman–Crippen MR) is 67.3 cm³/mol. The number of likely N-dealkylation sites (N-methyl/N-ethyl adjacent to an activating group) is 1. The van der Waals surface area contributed by atoms with E-state index in [4.69, 9.17) is 5.11 Å². The highest BCUT2D eigenvalue weighted by Crippen LogP contribution is 2.15. The molecule has 0 spiro atoms. The Hall–Kier alpha value is -1.80. The fraction of sp³-hybridized carbons (Fsp3) is 0.750. The van der Waals surface area contributed by atoms with Gasteiger partial charge >= 0.3 is 18.1 Å². The molecule has 0 rings (SSSR count). The average molecular weight is 312 g/mol. The van der Waals surface area contributed by atoms with Gasteiger partial charge in [-0.3, -0.25) is 9.59 Å². The van der Waals surface area contributed by atoms with Gasteiger partial charge in [-0.05, 0) is 19.3 Å². The summed E-state index contributed by atoms with van der Waals surface area (Å²) < 4.78 is 36.3. The van der Waals surface area contributed by atoms with E-state index >= 15 is 0 Å². The Balaban J connectivity index is 4.88. The maximum Gasteiger partial charge on any atom is 0.471 e. The summed E-state index contributed by atoms with van der Waals surface area (Å²) in [5.41, 5.74) is 0. The molecule has 0 aromatic carbocycles. The molecule has 21 heavy (non-hydrogen) atoms. The number of halogens is 3. The first-order chi connectivity index (χ1) is 9.37. The number of amides is 2. The minimum atomic E-state index is -5.10. The highest BCUT2D eigenvalue weighted by atomic mass is 19.4. The molecule has 0 saturated carbocycles. The number of rotatable bonds is 6. The second kappa shape index (κ2) is 7.28. The molecule has 0 aliphatic carbocycles. The van der Waals surface area contributed by atoms with Crippen molar-refractivity contribution in [2.24, 2.45) is 5.92 Å². The average Bonchev–Trinajstić information content (AvgIpc) is 2.32. The van der Waals surface area contributed by atoms with Crippen LogP contribution in [0.25, 0.3) is 0 Å². The summed E-state index contributed by atoms with van der Waals surface area (Å²) in [6, 6.07) is -2.64. The number of nitrogens with one attached hydrogen (secondary N) is 1. The van der Waals surface area contributed by atoms with Crippen molar-refractivity contribution in [2.45, 2.75) is 45.5 Å². The fourth-order valence-electron chi connectivity index (χ4n) is 1.67. The van der Waals surface area contributed by atoms with Crippen molar-refractivity contribution in [3.8, 4) is 0 Å². The van der Waals surface area contributed by atoms with Gasteiger partial charge in [0.05, 0.1) is 0 Å². The first-order valence-electron chi connectivity index (χ1n) is 6.25. The maximum atomic E-state index is 12.1. The van der Waals surface area contributed by atoms with Crippen LogP contribution in [0.1, 0.15) is 27.2 Å². The van der Waals surface area contributed by atoms with Crippen molar-refractivity contribution < 1.29 is 32.7 Å². The summed E-state index contributed by atoms with van der Waals surface area (Å²) in [4.78, 5) is 34.6. The third-order valence-corrected chi connectivity index (χ3v) is 2.77. The Labute approximate surface area is 120 Å². The van der Waals surface area contributed by atoms with E-state index in [9.17, 15) is 27.6 Å². The molecule has 0 saturated heterocycles. The van der Waals surface area contributed by atoms with Crippen LogP contribution in [0.3, 0.4) is 0 Å². The fourth-order valence-corrected chi connectivity index (χ4v) is 1.67. The van der Waals surface area contributed by atoms with E-state index in [0.29, 0.717) is 0 Å². The molecule has 2 amide bonds. The highest BCUT2D eigenvalue weighted by Gasteiger charge is 2.41. The largest absolute Gasteiger partial charge is 0.480 e. The number of carboxylic acid groups (broad SMARTS) is 1. The number of hydrogen-bond donors (Lipinski definition) is 2. The zero-order valence-electron chi connectivity index (χ0n) is 12.2. The minimum absolute atomic E-state index is 0.0265. The summed E-state index contributed by atoms with van der Waals surface area (Å²) >= 11 is 0. The van der Waals surface area contributed by atoms with Gasteiger partial charge in [0, 0.05) is 7.05 Å². The number of hydrogen-bond acceptors (Lipinski definition) is 3. The van der Waals surface area contributed by atoms with E-state index in [0.717, 1.165) is 11.8 Å². The van der Waals surface area contributed by atoms with Gasteiger partial charge in [0.15, 0.2) is 0 Å². The second-order valence-corrected chi connectivity index (χ2v) is 5.13. The standard InChI is InChI=1S/C12H19F3N2O4/c1-6(2)5-8(10(19)20)17(4)9(18)7(3)16-11(21)12(13,14)15/h6-8H,5H2,1-4H3,(H,16,21)(H,19,20)/t7-,8-/m0/s1. The van der Waals surface area contributed by atoms with Crippen LogP contribution in [-0.4, -0.2) is 53.1 Å². The Morgan fingerprint density at radius 3 is 2.00 bits per heavy atom. The Morgan fingerprint density at radius 2 is 1.67 bits per heavy atom. The Kier molecular flexibility index (Phi) is 6.65. The van der Waals surface area contributed by atoms with Crippen LogP contribution in [0.15, 0.2) is 0 Å². The van der Waals surface area contributed by atoms with Gasteiger partial charge in [0.1, 0.15) is 12.1 Å². The molecule has 6 nitrogen and oxygen atoms in total. The van der Waals surface area contributed by atoms with Crippen LogP contribution in [-0.2, 0) is 14.4 Å². The van der Waals surface area contributed by atoms with E-state index in [1.807, 2.05) is 0 Å². The molecule has 2 atom stereocenters. The van der Waals surface area contributed by atoms with Crippen molar-refractivity contribution in [3.63, 3.8) is 0 Å². The Morgan fingerprint density at radius 1 is 1.19 bits per heavy atom. The molecule has 0 unspecified atom stereocenters. The van der Waals surface area contributed by atoms with Crippen molar-refractivity contribution >= 4 is 17.8 Å². The smallest absolute Gasteiger partial charge is 0.471 e. The quantitative estimate of drug-likeness (QED) is 0.766. The molecular formula is C12H19F3N2O4. The molecule has 0 aliphatic rings. The number of carboxylic acids is 1. The summed E-state index contributed by atoms with van der Waals surface area (Å²) in [6.07, 6.45) is -4.95. The lowest BCUT2D eigenvalue weighted by molar-refractivity contribution is -0.175. The molecule has 9 heteroatoms. The van der Waals surface area contributed by atoms with Crippen LogP contribution in [0, 0.1) is 5.92 Å². The summed E-state index contributed by atoms with van der Waals surface area (Å²) in [7, 11) is 1.18. The maximum absolute atomic E-state index is 12.1. The second-order valence-electron chi connectivity index (χ2n) is 5.13. The molecule has 0 heterocycles. The third-order valence-electron chi connectivity index (χ3n) is 2.77. The van der Waals surface area contributed by atoms with Gasteiger partial charge in [0.25, 0.3) is 0 Å². The van der Waals surface area contributed by atoms with Gasteiger partial charge in [-0.1, -0.05) is 13.8 Å². The summed E-state index contributed by atoms with van der Waals surface area (Å²) in [5, 5.41) is 10.6. The van der Waals surface area contributed by atoms with Crippen LogP contribution < -0.4 is 5.32 Å². The molecule has 0 fully saturated rings. The van der Waals surface area contributed by atoms with Gasteiger partial charge in [0.2, 0.25) is 5.91 Å². The number of carbonyl (C=O) groups is 3. The van der Waals surface area contributed by atoms with Crippen LogP contribution in [0.5, 0.6) is 0 Å². The van der Waals surface area contributed by atoms with E-state index in [-0.39, 0.29) is 12.3 Å². The third kappa shape index (κ3) is 6.01. The van der Waals surface area contributed by atoms with Crippen LogP contribution >= 0.6 is 0 Å². The molecular weight excluding hydrogens is 293 g/mol. The molecule has 0 radical (unpaired) electrons. The molecule has 0 aliphatic heterocycles. The lowest BCUT2D eigenvalue weighted by atomic mass is 10.0. The van der Waals surface area contributed by atoms with Crippen molar-refractivity contribution in [1.82, 2.24) is 10.2 Å². The molecule has 0 aromatic heterocycles. The molecule has 0 bridgehead atoms. The van der Waals surface area contributed by atoms with E-state index in [2.05, 4.69) is 0 Å². The first-order valence-corrected chi connectivity index (χ1v) is 6.25. The topological polar surface area (TPSA) is 86.7 Å². The van der Waals surface area contributed by atoms with Crippen molar-refractivity contribution in [1.29, 1.82) is 0 Å². The van der Waals surface area contributed by atoms with E-state index < -0.39 is 36.0 Å². The zero-order chi connectivity index (χ0) is 17.0. The van der Waals surface area contributed by atoms with Gasteiger partial charge < -0.3 is 15.3 Å². The predicted octanol–water partition coefficient (Wildman–Crippen LogP) is 1.01. The Bertz CT molecular complexity index is 410. The van der Waals surface area contributed by atoms with E-state index in [1.54, 1.807) is 13.8 Å². The minimum Gasteiger partial charge on any atom is -0.480 e. The monoisotopic (exact) mass is 312 g/mol. The molecule has 2 N–H and O–H groups in total. The number of alkyl halides is 3. The lowest BCUT2D eigenvalue weighted by Crippen LogP contribution is -2.53. The SMILES string of the molecule is CC(C)C[C@@H](C(=O)O)N(C)C(=O)[C@H](C)NC(=O)C(F)(F)F. The van der Waals surface area contributed by atoms with Crippen LogP contribution in [0.2, 0.25) is 0 Å². The summed E-state index contributed by atoms with van der Waals surface area (Å²) in [5.74, 6) is -4.43. The normalized spacial score (nSPS) is 14.5. The number of aliphatic carboxylic acids is 1. The summed E-state index contributed by atoms with van der Waals surface area (Å²) in [6.45, 7) is 4.57. The molecule has 0 aromatic rings. The molecule has 122 valence electrons. The number of nitrogens with zero attached hydrogens (tertiary/aromatic N) is 1. The highest BCUT2D eigenvalue weighted by molar-refractivity contribution is 5.91. The number of carbonyl (C=O) groups excluding carboxylic acids is 2. The van der Waals surface area contributed by atoms with E-state index in [1.165, 1.54) is 12.4 Å². The van der Waals surface area contributed by atoms with Crippen LogP contribution in [0.4, 0.5) is 13.2 Å². The van der Waals surface area contributed by atoms with Crippen molar-refractivity contribution in [3.05, 3.63) is 0 Å². The van der Waals surface area contributed by atoms with Gasteiger partial charge in [-0.25, -0.2) is 4.79 Å². The van der Waals surface area contributed by atoms with Gasteiger partial charge in [-0.15, -0.1) is 0 Å². The lowest BCUT2D eigenvalue weighted by Gasteiger charge is -2.28. The zero-order valence-corrected chi connectivity index (χ0v) is 12.2.